The van der Waals surface area contributed by atoms with Gasteiger partial charge in [0.15, 0.2) is 0 Å². The Morgan fingerprint density at radius 1 is 1.42 bits per heavy atom. The van der Waals surface area contributed by atoms with E-state index in [-0.39, 0.29) is 11.4 Å². The first-order chi connectivity index (χ1) is 12.4. The zero-order chi connectivity index (χ0) is 18.9. The number of nitrogens with zero attached hydrogens (tertiary/aromatic N) is 3. The molecule has 1 aromatic rings. The van der Waals surface area contributed by atoms with E-state index in [1.165, 1.54) is 0 Å². The quantitative estimate of drug-likeness (QED) is 0.421. The Kier molecular flexibility index (Phi) is 5.03. The molecule has 0 aliphatic heterocycles. The van der Waals surface area contributed by atoms with E-state index < -0.39 is 0 Å². The van der Waals surface area contributed by atoms with Gasteiger partial charge in [-0.1, -0.05) is 12.5 Å². The number of rotatable bonds is 8. The van der Waals surface area contributed by atoms with E-state index >= 15 is 0 Å². The first-order valence-electron chi connectivity index (χ1n) is 9.38. The fourth-order valence-electron chi connectivity index (χ4n) is 3.07. The van der Waals surface area contributed by atoms with Gasteiger partial charge in [0.25, 0.3) is 5.91 Å². The van der Waals surface area contributed by atoms with Crippen molar-refractivity contribution >= 4 is 18.3 Å². The standard InChI is InChI=1S/C20H29N5O/c1-6-16(18(21-5)24-20(4)9-10-20)17(13(2)3)19(26)23-14-11-22-25(12-14)15-7-8-15/h11-12,15,24H,5-10H2,1-4H3,(H,23,26)/b18-16-. The third kappa shape index (κ3) is 4.06. The lowest BCUT2D eigenvalue weighted by Crippen LogP contribution is -2.29. The van der Waals surface area contributed by atoms with Crippen LogP contribution in [0.3, 0.4) is 0 Å². The van der Waals surface area contributed by atoms with Crippen LogP contribution >= 0.6 is 0 Å². The Balaban J connectivity index is 1.84. The molecule has 26 heavy (non-hydrogen) atoms. The van der Waals surface area contributed by atoms with Crippen molar-refractivity contribution < 1.29 is 4.79 Å². The molecule has 1 aromatic heterocycles. The second kappa shape index (κ2) is 7.09. The molecule has 6 heteroatoms. The minimum absolute atomic E-state index is 0.0750. The van der Waals surface area contributed by atoms with Crippen LogP contribution < -0.4 is 10.6 Å². The van der Waals surface area contributed by atoms with Crippen LogP contribution in [-0.4, -0.2) is 27.9 Å². The minimum Gasteiger partial charge on any atom is -0.365 e. The molecule has 0 spiro atoms. The summed E-state index contributed by atoms with van der Waals surface area (Å²) in [4.78, 5) is 17.2. The van der Waals surface area contributed by atoms with Crippen molar-refractivity contribution in [2.24, 2.45) is 4.99 Å². The zero-order valence-electron chi connectivity index (χ0n) is 16.2. The van der Waals surface area contributed by atoms with Gasteiger partial charge in [-0.2, -0.15) is 5.10 Å². The number of hydrogen-bond donors (Lipinski definition) is 2. The van der Waals surface area contributed by atoms with Gasteiger partial charge < -0.3 is 10.6 Å². The Labute approximate surface area is 155 Å². The lowest BCUT2D eigenvalue weighted by Gasteiger charge is -2.20. The largest absolute Gasteiger partial charge is 0.365 e. The highest BCUT2D eigenvalue weighted by Crippen LogP contribution is 2.37. The van der Waals surface area contributed by atoms with E-state index in [1.54, 1.807) is 6.20 Å². The summed E-state index contributed by atoms with van der Waals surface area (Å²) in [6.45, 7) is 11.8. The number of nitrogens with one attached hydrogen (secondary N) is 2. The summed E-state index contributed by atoms with van der Waals surface area (Å²) in [5, 5.41) is 10.8. The number of aromatic nitrogens is 2. The average Bonchev–Trinajstić information content (AvgIpc) is 3.52. The Morgan fingerprint density at radius 2 is 2.12 bits per heavy atom. The molecule has 0 aromatic carbocycles. The monoisotopic (exact) mass is 355 g/mol. The zero-order valence-corrected chi connectivity index (χ0v) is 16.2. The van der Waals surface area contributed by atoms with Crippen LogP contribution in [0.1, 0.15) is 65.8 Å². The highest BCUT2D eigenvalue weighted by atomic mass is 16.1. The molecule has 1 amide bonds. The van der Waals surface area contributed by atoms with Crippen LogP contribution in [0.25, 0.3) is 0 Å². The average molecular weight is 355 g/mol. The van der Waals surface area contributed by atoms with E-state index in [0.717, 1.165) is 42.5 Å². The molecule has 2 saturated carbocycles. The van der Waals surface area contributed by atoms with E-state index in [0.29, 0.717) is 23.9 Å². The van der Waals surface area contributed by atoms with Gasteiger partial charge in [0.05, 0.1) is 17.9 Å². The van der Waals surface area contributed by atoms with E-state index in [4.69, 9.17) is 0 Å². The highest BCUT2D eigenvalue weighted by molar-refractivity contribution is 6.07. The molecule has 3 rings (SSSR count). The van der Waals surface area contributed by atoms with Gasteiger partial charge in [-0.05, 0) is 59.6 Å². The molecule has 6 nitrogen and oxygen atoms in total. The maximum atomic E-state index is 13.0. The number of anilines is 1. The molecule has 2 N–H and O–H groups in total. The molecule has 1 heterocycles. The second-order valence-electron chi connectivity index (χ2n) is 7.79. The number of amides is 1. The van der Waals surface area contributed by atoms with Crippen LogP contribution in [0.2, 0.25) is 0 Å². The predicted octanol–water partition coefficient (Wildman–Crippen LogP) is 3.96. The number of aliphatic imine (C=N–C) groups is 1. The molecule has 2 aliphatic carbocycles. The van der Waals surface area contributed by atoms with Crippen molar-refractivity contribution in [3.05, 3.63) is 34.9 Å². The molecule has 0 unspecified atom stereocenters. The van der Waals surface area contributed by atoms with Gasteiger partial charge >= 0.3 is 0 Å². The number of carbonyl (C=O) groups is 1. The van der Waals surface area contributed by atoms with Gasteiger partial charge in [0, 0.05) is 22.9 Å². The smallest absolute Gasteiger partial charge is 0.256 e. The van der Waals surface area contributed by atoms with E-state index in [9.17, 15) is 4.79 Å². The molecule has 0 atom stereocenters. The van der Waals surface area contributed by atoms with Crippen molar-refractivity contribution in [1.29, 1.82) is 0 Å². The summed E-state index contributed by atoms with van der Waals surface area (Å²) < 4.78 is 1.93. The molecule has 0 bridgehead atoms. The topological polar surface area (TPSA) is 71.3 Å². The van der Waals surface area contributed by atoms with Crippen molar-refractivity contribution in [1.82, 2.24) is 15.1 Å². The van der Waals surface area contributed by atoms with Crippen molar-refractivity contribution in [3.8, 4) is 0 Å². The first kappa shape index (κ1) is 18.4. The van der Waals surface area contributed by atoms with Crippen LogP contribution in [-0.2, 0) is 4.79 Å². The Hall–Kier alpha value is -2.37. The summed E-state index contributed by atoms with van der Waals surface area (Å²) in [6, 6.07) is 0.495. The Morgan fingerprint density at radius 3 is 2.62 bits per heavy atom. The van der Waals surface area contributed by atoms with E-state index in [2.05, 4.69) is 34.4 Å². The summed E-state index contributed by atoms with van der Waals surface area (Å²) in [5.41, 5.74) is 3.33. The van der Waals surface area contributed by atoms with Gasteiger partial charge in [0.2, 0.25) is 0 Å². The third-order valence-corrected chi connectivity index (χ3v) is 5.03. The number of allylic oxidation sites excluding steroid dienone is 1. The van der Waals surface area contributed by atoms with Gasteiger partial charge in [-0.3, -0.25) is 9.48 Å². The summed E-state index contributed by atoms with van der Waals surface area (Å²) in [5.74, 6) is 0.591. The molecule has 2 aliphatic rings. The lowest BCUT2D eigenvalue weighted by atomic mass is 9.97. The fourth-order valence-corrected chi connectivity index (χ4v) is 3.07. The van der Waals surface area contributed by atoms with E-state index in [1.807, 2.05) is 31.6 Å². The molecule has 0 radical (unpaired) electrons. The van der Waals surface area contributed by atoms with Gasteiger partial charge in [-0.15, -0.1) is 0 Å². The first-order valence-corrected chi connectivity index (χ1v) is 9.38. The van der Waals surface area contributed by atoms with Crippen LogP contribution in [0.4, 0.5) is 5.69 Å². The molecule has 2 fully saturated rings. The molecule has 0 saturated heterocycles. The van der Waals surface area contributed by atoms with Crippen molar-refractivity contribution in [2.45, 2.75) is 71.4 Å². The molecular weight excluding hydrogens is 326 g/mol. The maximum Gasteiger partial charge on any atom is 0.256 e. The lowest BCUT2D eigenvalue weighted by molar-refractivity contribution is -0.112. The number of carbonyl (C=O) groups excluding carboxylic acids is 1. The molecular formula is C20H29N5O. The normalized spacial score (nSPS) is 18.6. The minimum atomic E-state index is -0.124. The third-order valence-electron chi connectivity index (χ3n) is 5.03. The molecule has 140 valence electrons. The van der Waals surface area contributed by atoms with Crippen molar-refractivity contribution in [3.63, 3.8) is 0 Å². The Bertz CT molecular complexity index is 774. The second-order valence-corrected chi connectivity index (χ2v) is 7.79. The predicted molar refractivity (Wildman–Crippen MR) is 105 cm³/mol. The number of hydrogen-bond acceptors (Lipinski definition) is 4. The summed E-state index contributed by atoms with van der Waals surface area (Å²) in [6.07, 6.45) is 8.87. The van der Waals surface area contributed by atoms with Crippen LogP contribution in [0.15, 0.2) is 39.9 Å². The van der Waals surface area contributed by atoms with Crippen molar-refractivity contribution in [2.75, 3.05) is 5.32 Å². The van der Waals surface area contributed by atoms with Crippen LogP contribution in [0.5, 0.6) is 0 Å². The van der Waals surface area contributed by atoms with Gasteiger partial charge in [-0.25, -0.2) is 4.99 Å². The summed E-state index contributed by atoms with van der Waals surface area (Å²) in [7, 11) is 0. The highest BCUT2D eigenvalue weighted by Gasteiger charge is 2.38. The van der Waals surface area contributed by atoms with Crippen LogP contribution in [0, 0.1) is 0 Å². The SMILES string of the molecule is C=N/C(NC1(C)CC1)=C(\CC)C(C(=O)Nc1cnn(C2CC2)c1)=C(C)C. The maximum absolute atomic E-state index is 13.0. The summed E-state index contributed by atoms with van der Waals surface area (Å²) >= 11 is 0. The van der Waals surface area contributed by atoms with Gasteiger partial charge in [0.1, 0.15) is 5.82 Å². The fraction of sp³-hybridized carbons (Fsp3) is 0.550.